The highest BCUT2D eigenvalue weighted by atomic mass is 16.5. The second-order valence-electron chi connectivity index (χ2n) is 5.63. The van der Waals surface area contributed by atoms with E-state index >= 15 is 0 Å². The molecule has 0 aliphatic carbocycles. The molecule has 0 atom stereocenters. The van der Waals surface area contributed by atoms with Gasteiger partial charge < -0.3 is 9.47 Å². The zero-order valence-electron chi connectivity index (χ0n) is 15.1. The van der Waals surface area contributed by atoms with Gasteiger partial charge in [0.05, 0.1) is 0 Å². The van der Waals surface area contributed by atoms with Crippen LogP contribution >= 0.6 is 0 Å². The molecule has 0 radical (unpaired) electrons. The van der Waals surface area contributed by atoms with Crippen molar-refractivity contribution in [2.24, 2.45) is 0 Å². The fourth-order valence-corrected chi connectivity index (χ4v) is 2.26. The number of hydrazine groups is 1. The maximum atomic E-state index is 11.8. The van der Waals surface area contributed by atoms with Crippen LogP contribution in [-0.4, -0.2) is 25.0 Å². The van der Waals surface area contributed by atoms with E-state index in [1.165, 1.54) is 5.56 Å². The van der Waals surface area contributed by atoms with Gasteiger partial charge in [0.2, 0.25) is 0 Å². The zero-order valence-corrected chi connectivity index (χ0v) is 15.1. The second kappa shape index (κ2) is 10.1. The number of hydrogen-bond donors (Lipinski definition) is 2. The first-order valence-corrected chi connectivity index (χ1v) is 8.62. The monoisotopic (exact) mass is 356 g/mol. The molecule has 2 aromatic carbocycles. The molecule has 2 N–H and O–H groups in total. The molecular weight excluding hydrogens is 332 g/mol. The minimum absolute atomic E-state index is 0.184. The highest BCUT2D eigenvalue weighted by molar-refractivity contribution is 5.83. The normalized spacial score (nSPS) is 10.1. The largest absolute Gasteiger partial charge is 0.484 e. The quantitative estimate of drug-likeness (QED) is 0.712. The first-order chi connectivity index (χ1) is 12.6. The second-order valence-corrected chi connectivity index (χ2v) is 5.63. The number of ether oxygens (including phenoxy) is 2. The van der Waals surface area contributed by atoms with Crippen LogP contribution in [0, 0.1) is 0 Å². The van der Waals surface area contributed by atoms with Crippen molar-refractivity contribution < 1.29 is 19.1 Å². The number of para-hydroxylation sites is 1. The highest BCUT2D eigenvalue weighted by Crippen LogP contribution is 2.17. The van der Waals surface area contributed by atoms with Crippen LogP contribution in [0.1, 0.15) is 25.0 Å². The summed E-state index contributed by atoms with van der Waals surface area (Å²) in [7, 11) is 0. The van der Waals surface area contributed by atoms with Gasteiger partial charge in [-0.15, -0.1) is 0 Å². The van der Waals surface area contributed by atoms with Crippen LogP contribution in [0.15, 0.2) is 48.5 Å². The molecule has 0 aromatic heterocycles. The van der Waals surface area contributed by atoms with Gasteiger partial charge in [0, 0.05) is 0 Å². The topological polar surface area (TPSA) is 76.7 Å². The summed E-state index contributed by atoms with van der Waals surface area (Å²) in [5.74, 6) is 0.363. The predicted molar refractivity (Wildman–Crippen MR) is 98.9 cm³/mol. The Hall–Kier alpha value is -3.02. The number of carbonyl (C=O) groups excluding carboxylic acids is 2. The lowest BCUT2D eigenvalue weighted by Gasteiger charge is -2.11. The number of benzene rings is 2. The van der Waals surface area contributed by atoms with Crippen LogP contribution in [0.4, 0.5) is 0 Å². The third-order valence-corrected chi connectivity index (χ3v) is 3.76. The summed E-state index contributed by atoms with van der Waals surface area (Å²) in [6, 6.07) is 15.0. The highest BCUT2D eigenvalue weighted by Gasteiger charge is 2.08. The predicted octanol–water partition coefficient (Wildman–Crippen LogP) is 2.42. The molecule has 0 heterocycles. The lowest BCUT2D eigenvalue weighted by Crippen LogP contribution is -2.45. The van der Waals surface area contributed by atoms with Crippen molar-refractivity contribution in [3.8, 4) is 11.5 Å². The van der Waals surface area contributed by atoms with Crippen molar-refractivity contribution in [1.82, 2.24) is 10.9 Å². The Balaban J connectivity index is 1.68. The maximum absolute atomic E-state index is 11.8. The minimum Gasteiger partial charge on any atom is -0.484 e. The fourth-order valence-electron chi connectivity index (χ4n) is 2.26. The Bertz CT molecular complexity index is 729. The zero-order chi connectivity index (χ0) is 18.8. The molecule has 6 nitrogen and oxygen atoms in total. The number of aryl methyl sites for hydroxylation is 2. The average molecular weight is 356 g/mol. The van der Waals surface area contributed by atoms with Gasteiger partial charge >= 0.3 is 0 Å². The van der Waals surface area contributed by atoms with Gasteiger partial charge in [-0.25, -0.2) is 0 Å². The van der Waals surface area contributed by atoms with Crippen LogP contribution < -0.4 is 20.3 Å². The molecule has 6 heteroatoms. The van der Waals surface area contributed by atoms with Crippen LogP contribution in [-0.2, 0) is 22.4 Å². The van der Waals surface area contributed by atoms with Crippen molar-refractivity contribution >= 4 is 11.8 Å². The van der Waals surface area contributed by atoms with Crippen LogP contribution in [0.2, 0.25) is 0 Å². The number of nitrogens with one attached hydrogen (secondary N) is 2. The van der Waals surface area contributed by atoms with E-state index in [-0.39, 0.29) is 13.2 Å². The van der Waals surface area contributed by atoms with E-state index in [1.807, 2.05) is 55.5 Å². The van der Waals surface area contributed by atoms with Crippen molar-refractivity contribution in [3.63, 3.8) is 0 Å². The fraction of sp³-hybridized carbons (Fsp3) is 0.300. The third-order valence-electron chi connectivity index (χ3n) is 3.76. The molecular formula is C20H24N2O4. The standard InChI is InChI=1S/C20H24N2O4/c1-3-15-9-11-17(12-10-15)25-13-19(23)21-22-20(24)14-26-18-8-6-5-7-16(18)4-2/h5-12H,3-4,13-14H2,1-2H3,(H,21,23)(H,22,24). The summed E-state index contributed by atoms with van der Waals surface area (Å²) in [6.45, 7) is 3.71. The first kappa shape index (κ1) is 19.3. The van der Waals surface area contributed by atoms with Gasteiger partial charge in [-0.05, 0) is 42.2 Å². The Morgan fingerprint density at radius 3 is 2.04 bits per heavy atom. The van der Waals surface area contributed by atoms with Gasteiger partial charge in [-0.3, -0.25) is 20.4 Å². The lowest BCUT2D eigenvalue weighted by molar-refractivity contribution is -0.131. The van der Waals surface area contributed by atoms with Crippen molar-refractivity contribution in [2.75, 3.05) is 13.2 Å². The number of amides is 2. The molecule has 2 aromatic rings. The Kier molecular flexibility index (Phi) is 7.49. The van der Waals surface area contributed by atoms with Crippen LogP contribution in [0.3, 0.4) is 0 Å². The lowest BCUT2D eigenvalue weighted by atomic mass is 10.1. The van der Waals surface area contributed by atoms with Gasteiger partial charge in [0.1, 0.15) is 11.5 Å². The molecule has 0 fully saturated rings. The summed E-state index contributed by atoms with van der Waals surface area (Å²) in [5, 5.41) is 0. The van der Waals surface area contributed by atoms with E-state index in [4.69, 9.17) is 9.47 Å². The maximum Gasteiger partial charge on any atom is 0.276 e. The summed E-state index contributed by atoms with van der Waals surface area (Å²) in [5.41, 5.74) is 6.81. The van der Waals surface area contributed by atoms with E-state index in [9.17, 15) is 9.59 Å². The molecule has 0 unspecified atom stereocenters. The Morgan fingerprint density at radius 2 is 1.42 bits per heavy atom. The SMILES string of the molecule is CCc1ccc(OCC(=O)NNC(=O)COc2ccccc2CC)cc1. The third kappa shape index (κ3) is 6.12. The van der Waals surface area contributed by atoms with Gasteiger partial charge in [0.15, 0.2) is 13.2 Å². The molecule has 138 valence electrons. The molecule has 0 spiro atoms. The van der Waals surface area contributed by atoms with Gasteiger partial charge in [-0.2, -0.15) is 0 Å². The van der Waals surface area contributed by atoms with E-state index in [1.54, 1.807) is 0 Å². The molecule has 2 amide bonds. The first-order valence-electron chi connectivity index (χ1n) is 8.62. The number of hydrogen-bond acceptors (Lipinski definition) is 4. The van der Waals surface area contributed by atoms with E-state index < -0.39 is 11.8 Å². The molecule has 26 heavy (non-hydrogen) atoms. The molecule has 0 saturated heterocycles. The molecule has 0 aliphatic rings. The van der Waals surface area contributed by atoms with E-state index in [0.29, 0.717) is 11.5 Å². The average Bonchev–Trinajstić information content (AvgIpc) is 2.69. The molecule has 0 bridgehead atoms. The smallest absolute Gasteiger partial charge is 0.276 e. The number of rotatable bonds is 8. The summed E-state index contributed by atoms with van der Waals surface area (Å²) >= 11 is 0. The Labute approximate surface area is 153 Å². The van der Waals surface area contributed by atoms with Crippen LogP contribution in [0.5, 0.6) is 11.5 Å². The molecule has 0 saturated carbocycles. The summed E-state index contributed by atoms with van der Waals surface area (Å²) in [4.78, 5) is 23.5. The van der Waals surface area contributed by atoms with E-state index in [2.05, 4.69) is 17.8 Å². The number of carbonyl (C=O) groups is 2. The molecule has 0 aliphatic heterocycles. The van der Waals surface area contributed by atoms with E-state index in [0.717, 1.165) is 18.4 Å². The summed E-state index contributed by atoms with van der Waals surface area (Å²) < 4.78 is 10.8. The van der Waals surface area contributed by atoms with Crippen LogP contribution in [0.25, 0.3) is 0 Å². The van der Waals surface area contributed by atoms with Gasteiger partial charge in [-0.1, -0.05) is 44.2 Å². The Morgan fingerprint density at radius 1 is 0.808 bits per heavy atom. The minimum atomic E-state index is -0.452. The van der Waals surface area contributed by atoms with Crippen molar-refractivity contribution in [2.45, 2.75) is 26.7 Å². The van der Waals surface area contributed by atoms with Crippen molar-refractivity contribution in [1.29, 1.82) is 0 Å². The van der Waals surface area contributed by atoms with Crippen molar-refractivity contribution in [3.05, 3.63) is 59.7 Å². The van der Waals surface area contributed by atoms with Gasteiger partial charge in [0.25, 0.3) is 11.8 Å². The molecule has 2 rings (SSSR count). The summed E-state index contributed by atoms with van der Waals surface area (Å²) in [6.07, 6.45) is 1.75.